The molecule has 0 fully saturated rings. The molecule has 194 valence electrons. The molecule has 0 aliphatic heterocycles. The van der Waals surface area contributed by atoms with Crippen LogP contribution in [0.1, 0.15) is 44.6 Å². The number of rotatable bonds is 15. The van der Waals surface area contributed by atoms with Gasteiger partial charge in [-0.15, -0.1) is 0 Å². The van der Waals surface area contributed by atoms with Gasteiger partial charge in [0.15, 0.2) is 0 Å². The van der Waals surface area contributed by atoms with Crippen LogP contribution in [0.15, 0.2) is 58.3 Å². The molecule has 2 aromatic rings. The van der Waals surface area contributed by atoms with E-state index in [1.54, 1.807) is 24.3 Å². The lowest BCUT2D eigenvalue weighted by Gasteiger charge is -2.17. The Morgan fingerprint density at radius 3 is 2.09 bits per heavy atom. The summed E-state index contributed by atoms with van der Waals surface area (Å²) in [6, 6.07) is 11.4. The van der Waals surface area contributed by atoms with Crippen molar-refractivity contribution in [3.8, 4) is 5.75 Å². The van der Waals surface area contributed by atoms with E-state index < -0.39 is 32.1 Å². The summed E-state index contributed by atoms with van der Waals surface area (Å²) in [6.07, 6.45) is 2.88. The molecule has 9 nitrogen and oxygen atoms in total. The highest BCUT2D eigenvalue weighted by atomic mass is 32.2. The summed E-state index contributed by atoms with van der Waals surface area (Å²) in [6.45, 7) is 4.61. The first kappa shape index (κ1) is 28.8. The second-order valence-corrected chi connectivity index (χ2v) is 11.6. The zero-order chi connectivity index (χ0) is 25.9. The van der Waals surface area contributed by atoms with Crippen molar-refractivity contribution < 1.29 is 31.1 Å². The third-order valence-corrected chi connectivity index (χ3v) is 8.19. The Kier molecular flexibility index (Phi) is 11.2. The molecule has 0 heterocycles. The highest BCUT2D eigenvalue weighted by molar-refractivity contribution is 7.89. The monoisotopic (exact) mass is 526 g/mol. The van der Waals surface area contributed by atoms with Crippen molar-refractivity contribution in [3.05, 3.63) is 54.1 Å². The number of benzene rings is 2. The van der Waals surface area contributed by atoms with Gasteiger partial charge in [0.1, 0.15) is 11.8 Å². The predicted molar refractivity (Wildman–Crippen MR) is 133 cm³/mol. The Balaban J connectivity index is 1.87. The van der Waals surface area contributed by atoms with Crippen molar-refractivity contribution in [1.82, 2.24) is 9.44 Å². The Morgan fingerprint density at radius 1 is 0.886 bits per heavy atom. The van der Waals surface area contributed by atoms with Crippen LogP contribution in [0.4, 0.5) is 0 Å². The molecule has 0 saturated heterocycles. The standard InChI is InChI=1S/C24H34N2O7S2/c1-4-5-18-33-20-11-15-21(16-12-20)34(28,29)25-17-7-6-8-23(24(27)32-3)26-35(30,31)22-13-9-19(2)10-14-22/h9-16,23,25-26H,4-8,17-18H2,1-3H3. The van der Waals surface area contributed by atoms with Gasteiger partial charge < -0.3 is 9.47 Å². The molecule has 2 N–H and O–H groups in total. The fourth-order valence-corrected chi connectivity index (χ4v) is 5.45. The normalized spacial score (nSPS) is 12.8. The highest BCUT2D eigenvalue weighted by Crippen LogP contribution is 2.17. The van der Waals surface area contributed by atoms with Crippen LogP contribution in [0.3, 0.4) is 0 Å². The van der Waals surface area contributed by atoms with Crippen molar-refractivity contribution in [1.29, 1.82) is 0 Å². The number of aryl methyl sites for hydroxylation is 1. The summed E-state index contributed by atoms with van der Waals surface area (Å²) in [5.74, 6) is -0.0955. The number of nitrogens with one attached hydrogen (secondary N) is 2. The average Bonchev–Trinajstić information content (AvgIpc) is 2.83. The van der Waals surface area contributed by atoms with E-state index in [1.807, 2.05) is 6.92 Å². The quantitative estimate of drug-likeness (QED) is 0.269. The van der Waals surface area contributed by atoms with E-state index in [0.29, 0.717) is 25.2 Å². The fourth-order valence-electron chi connectivity index (χ4n) is 3.15. The maximum atomic E-state index is 12.6. The Morgan fingerprint density at radius 2 is 1.49 bits per heavy atom. The van der Waals surface area contributed by atoms with Crippen LogP contribution >= 0.6 is 0 Å². The van der Waals surface area contributed by atoms with Gasteiger partial charge in [-0.3, -0.25) is 4.79 Å². The fraction of sp³-hybridized carbons (Fsp3) is 0.458. The van der Waals surface area contributed by atoms with E-state index in [0.717, 1.165) is 18.4 Å². The second kappa shape index (κ2) is 13.6. The molecule has 1 atom stereocenters. The van der Waals surface area contributed by atoms with Crippen molar-refractivity contribution >= 4 is 26.0 Å². The van der Waals surface area contributed by atoms with Crippen molar-refractivity contribution in [2.45, 2.75) is 61.8 Å². The van der Waals surface area contributed by atoms with Crippen LogP contribution in [-0.2, 0) is 29.6 Å². The minimum Gasteiger partial charge on any atom is -0.494 e. The van der Waals surface area contributed by atoms with Gasteiger partial charge in [0.2, 0.25) is 20.0 Å². The summed E-state index contributed by atoms with van der Waals surface area (Å²) in [4.78, 5) is 12.3. The SMILES string of the molecule is CCCCOc1ccc(S(=O)(=O)NCCCCC(NS(=O)(=O)c2ccc(C)cc2)C(=O)OC)cc1. The number of sulfonamides is 2. The van der Waals surface area contributed by atoms with E-state index in [4.69, 9.17) is 9.47 Å². The number of unbranched alkanes of at least 4 members (excludes halogenated alkanes) is 2. The van der Waals surface area contributed by atoms with Crippen LogP contribution in [0, 0.1) is 6.92 Å². The van der Waals surface area contributed by atoms with E-state index in [9.17, 15) is 21.6 Å². The summed E-state index contributed by atoms with van der Waals surface area (Å²) < 4.78 is 65.5. The minimum absolute atomic E-state index is 0.0477. The van der Waals surface area contributed by atoms with Crippen molar-refractivity contribution in [2.24, 2.45) is 0 Å². The second-order valence-electron chi connectivity index (χ2n) is 8.08. The maximum Gasteiger partial charge on any atom is 0.323 e. The molecular weight excluding hydrogens is 492 g/mol. The van der Waals surface area contributed by atoms with Crippen LogP contribution in [0.25, 0.3) is 0 Å². The van der Waals surface area contributed by atoms with Crippen LogP contribution in [0.2, 0.25) is 0 Å². The third-order valence-electron chi connectivity index (χ3n) is 5.23. The number of hydrogen-bond donors (Lipinski definition) is 2. The Labute approximate surface area is 208 Å². The first-order valence-electron chi connectivity index (χ1n) is 11.5. The molecule has 0 aliphatic carbocycles. The molecule has 0 spiro atoms. The molecule has 0 radical (unpaired) electrons. The lowest BCUT2D eigenvalue weighted by Crippen LogP contribution is -2.41. The average molecular weight is 527 g/mol. The van der Waals surface area contributed by atoms with Gasteiger partial charge in [-0.1, -0.05) is 31.0 Å². The lowest BCUT2D eigenvalue weighted by molar-refractivity contribution is -0.142. The Hall–Kier alpha value is -2.47. The number of methoxy groups -OCH3 is 1. The van der Waals surface area contributed by atoms with Crippen LogP contribution in [0.5, 0.6) is 5.75 Å². The van der Waals surface area contributed by atoms with Gasteiger partial charge >= 0.3 is 5.97 Å². The highest BCUT2D eigenvalue weighted by Gasteiger charge is 2.26. The Bertz CT molecular complexity index is 1150. The largest absolute Gasteiger partial charge is 0.494 e. The third kappa shape index (κ3) is 9.25. The summed E-state index contributed by atoms with van der Waals surface area (Å²) >= 11 is 0. The summed E-state index contributed by atoms with van der Waals surface area (Å²) in [7, 11) is -6.43. The molecular formula is C24H34N2O7S2. The number of esters is 1. The molecule has 1 unspecified atom stereocenters. The number of carbonyl (C=O) groups is 1. The van der Waals surface area contributed by atoms with E-state index in [-0.39, 0.29) is 22.8 Å². The topological polar surface area (TPSA) is 128 Å². The zero-order valence-corrected chi connectivity index (χ0v) is 22.0. The van der Waals surface area contributed by atoms with E-state index in [1.165, 1.54) is 31.4 Å². The number of ether oxygens (including phenoxy) is 2. The molecule has 0 aromatic heterocycles. The number of carbonyl (C=O) groups excluding carboxylic acids is 1. The van der Waals surface area contributed by atoms with Gasteiger partial charge in [-0.05, 0) is 69.0 Å². The van der Waals surface area contributed by atoms with Gasteiger partial charge in [0.05, 0.1) is 23.5 Å². The van der Waals surface area contributed by atoms with Crippen LogP contribution < -0.4 is 14.2 Å². The molecule has 0 saturated carbocycles. The van der Waals surface area contributed by atoms with Gasteiger partial charge in [0, 0.05) is 6.54 Å². The molecule has 2 rings (SSSR count). The van der Waals surface area contributed by atoms with Crippen molar-refractivity contribution in [2.75, 3.05) is 20.3 Å². The summed E-state index contributed by atoms with van der Waals surface area (Å²) in [5, 5.41) is 0. The molecule has 0 bridgehead atoms. The van der Waals surface area contributed by atoms with E-state index >= 15 is 0 Å². The lowest BCUT2D eigenvalue weighted by atomic mass is 10.1. The first-order valence-corrected chi connectivity index (χ1v) is 14.4. The zero-order valence-electron chi connectivity index (χ0n) is 20.3. The molecule has 0 aliphatic rings. The van der Waals surface area contributed by atoms with Gasteiger partial charge in [-0.25, -0.2) is 21.6 Å². The number of hydrogen-bond acceptors (Lipinski definition) is 7. The van der Waals surface area contributed by atoms with Crippen LogP contribution in [-0.4, -0.2) is 49.1 Å². The molecule has 0 amide bonds. The van der Waals surface area contributed by atoms with Gasteiger partial charge in [0.25, 0.3) is 0 Å². The molecule has 35 heavy (non-hydrogen) atoms. The van der Waals surface area contributed by atoms with Gasteiger partial charge in [-0.2, -0.15) is 4.72 Å². The minimum atomic E-state index is -3.92. The summed E-state index contributed by atoms with van der Waals surface area (Å²) in [5.41, 5.74) is 0.909. The van der Waals surface area contributed by atoms with Crippen molar-refractivity contribution in [3.63, 3.8) is 0 Å². The molecule has 11 heteroatoms. The maximum absolute atomic E-state index is 12.6. The first-order chi connectivity index (χ1) is 16.6. The smallest absolute Gasteiger partial charge is 0.323 e. The predicted octanol–water partition coefficient (Wildman–Crippen LogP) is 3.14. The molecule has 2 aromatic carbocycles. The van der Waals surface area contributed by atoms with E-state index in [2.05, 4.69) is 16.4 Å².